The van der Waals surface area contributed by atoms with E-state index in [9.17, 15) is 13.2 Å². The molecule has 7 heteroatoms. The minimum atomic E-state index is -3.10. The van der Waals surface area contributed by atoms with Crippen LogP contribution in [0.5, 0.6) is 0 Å². The highest BCUT2D eigenvalue weighted by molar-refractivity contribution is 7.88. The zero-order valence-electron chi connectivity index (χ0n) is 12.0. The highest BCUT2D eigenvalue weighted by Crippen LogP contribution is 2.29. The van der Waals surface area contributed by atoms with E-state index in [1.54, 1.807) is 4.31 Å². The fourth-order valence-electron chi connectivity index (χ4n) is 2.91. The summed E-state index contributed by atoms with van der Waals surface area (Å²) in [6.45, 7) is 2.60. The fourth-order valence-corrected chi connectivity index (χ4v) is 3.85. The molecule has 0 aromatic heterocycles. The van der Waals surface area contributed by atoms with Gasteiger partial charge in [-0.3, -0.25) is 9.69 Å². The highest BCUT2D eigenvalue weighted by atomic mass is 32.2. The van der Waals surface area contributed by atoms with Crippen LogP contribution in [0.25, 0.3) is 0 Å². The standard InChI is InChI=1S/C13H24N2O4S/c1-20(18,19)15-7-2-3-11(10-15)9-14(12-4-5-12)8-6-13(16)17/h11-12H,2-10H2,1H3,(H,16,17). The molecule has 1 saturated heterocycles. The third kappa shape index (κ3) is 4.71. The van der Waals surface area contributed by atoms with E-state index in [4.69, 9.17) is 5.11 Å². The molecule has 2 rings (SSSR count). The van der Waals surface area contributed by atoms with E-state index in [1.807, 2.05) is 0 Å². The Morgan fingerprint density at radius 1 is 1.35 bits per heavy atom. The van der Waals surface area contributed by atoms with Gasteiger partial charge in [-0.15, -0.1) is 0 Å². The van der Waals surface area contributed by atoms with Crippen LogP contribution in [0.15, 0.2) is 0 Å². The van der Waals surface area contributed by atoms with Gasteiger partial charge < -0.3 is 5.11 Å². The maximum absolute atomic E-state index is 11.6. The number of carbonyl (C=O) groups is 1. The lowest BCUT2D eigenvalue weighted by molar-refractivity contribution is -0.137. The molecule has 0 spiro atoms. The van der Waals surface area contributed by atoms with Gasteiger partial charge in [-0.2, -0.15) is 0 Å². The number of carboxylic acid groups (broad SMARTS) is 1. The second-order valence-electron chi connectivity index (χ2n) is 6.00. The van der Waals surface area contributed by atoms with E-state index in [2.05, 4.69) is 4.90 Å². The molecule has 0 aromatic carbocycles. The van der Waals surface area contributed by atoms with Gasteiger partial charge in [-0.1, -0.05) is 0 Å². The number of carboxylic acids is 1. The average molecular weight is 304 g/mol. The quantitative estimate of drug-likeness (QED) is 0.745. The summed E-state index contributed by atoms with van der Waals surface area (Å²) in [5, 5.41) is 8.80. The van der Waals surface area contributed by atoms with Gasteiger partial charge in [0.2, 0.25) is 10.0 Å². The molecule has 0 radical (unpaired) electrons. The van der Waals surface area contributed by atoms with Gasteiger partial charge in [0.15, 0.2) is 0 Å². The summed E-state index contributed by atoms with van der Waals surface area (Å²) >= 11 is 0. The molecule has 1 atom stereocenters. The van der Waals surface area contributed by atoms with Crippen LogP contribution >= 0.6 is 0 Å². The van der Waals surface area contributed by atoms with Crippen LogP contribution in [0.3, 0.4) is 0 Å². The summed E-state index contributed by atoms with van der Waals surface area (Å²) in [4.78, 5) is 12.9. The van der Waals surface area contributed by atoms with Crippen LogP contribution in [-0.2, 0) is 14.8 Å². The SMILES string of the molecule is CS(=O)(=O)N1CCCC(CN(CCC(=O)O)C2CC2)C1. The van der Waals surface area contributed by atoms with Crippen molar-refractivity contribution < 1.29 is 18.3 Å². The van der Waals surface area contributed by atoms with Gasteiger partial charge in [0, 0.05) is 32.2 Å². The zero-order chi connectivity index (χ0) is 14.8. The summed E-state index contributed by atoms with van der Waals surface area (Å²) < 4.78 is 24.8. The minimum absolute atomic E-state index is 0.166. The Balaban J connectivity index is 1.87. The van der Waals surface area contributed by atoms with Crippen LogP contribution in [0.2, 0.25) is 0 Å². The molecular formula is C13H24N2O4S. The molecule has 20 heavy (non-hydrogen) atoms. The molecule has 2 fully saturated rings. The van der Waals surface area contributed by atoms with Gasteiger partial charge in [0.05, 0.1) is 12.7 Å². The Morgan fingerprint density at radius 2 is 2.05 bits per heavy atom. The van der Waals surface area contributed by atoms with Crippen molar-refractivity contribution in [2.24, 2.45) is 5.92 Å². The molecule has 1 saturated carbocycles. The first-order valence-electron chi connectivity index (χ1n) is 7.27. The predicted molar refractivity (Wildman–Crippen MR) is 76.0 cm³/mol. The van der Waals surface area contributed by atoms with Gasteiger partial charge >= 0.3 is 5.97 Å². The van der Waals surface area contributed by atoms with Crippen LogP contribution in [0, 0.1) is 5.92 Å². The molecule has 1 unspecified atom stereocenters. The van der Waals surface area contributed by atoms with Crippen molar-refractivity contribution in [1.82, 2.24) is 9.21 Å². The molecule has 0 bridgehead atoms. The Labute approximate surface area is 120 Å². The summed E-state index contributed by atoms with van der Waals surface area (Å²) in [6.07, 6.45) is 5.64. The second kappa shape index (κ2) is 6.41. The third-order valence-corrected chi connectivity index (χ3v) is 5.39. The molecule has 0 amide bonds. The smallest absolute Gasteiger partial charge is 0.304 e. The number of aliphatic carboxylic acids is 1. The van der Waals surface area contributed by atoms with Crippen LogP contribution in [-0.4, -0.2) is 67.2 Å². The number of piperidine rings is 1. The van der Waals surface area contributed by atoms with E-state index in [-0.39, 0.29) is 6.42 Å². The van der Waals surface area contributed by atoms with E-state index in [0.29, 0.717) is 31.6 Å². The second-order valence-corrected chi connectivity index (χ2v) is 7.98. The average Bonchev–Trinajstić information content (AvgIpc) is 3.18. The minimum Gasteiger partial charge on any atom is -0.481 e. The highest BCUT2D eigenvalue weighted by Gasteiger charge is 2.33. The molecule has 1 heterocycles. The maximum atomic E-state index is 11.6. The summed E-state index contributed by atoms with van der Waals surface area (Å²) in [5.74, 6) is -0.440. The van der Waals surface area contributed by atoms with Crippen molar-refractivity contribution in [3.05, 3.63) is 0 Å². The third-order valence-electron chi connectivity index (χ3n) is 4.12. The fraction of sp³-hybridized carbons (Fsp3) is 0.923. The van der Waals surface area contributed by atoms with E-state index in [1.165, 1.54) is 6.26 Å². The number of nitrogens with zero attached hydrogens (tertiary/aromatic N) is 2. The Hall–Kier alpha value is -0.660. The largest absolute Gasteiger partial charge is 0.481 e. The van der Waals surface area contributed by atoms with Crippen molar-refractivity contribution in [2.75, 3.05) is 32.4 Å². The molecule has 116 valence electrons. The van der Waals surface area contributed by atoms with Gasteiger partial charge in [-0.05, 0) is 31.6 Å². The Bertz CT molecular complexity index is 447. The molecule has 2 aliphatic rings. The zero-order valence-corrected chi connectivity index (χ0v) is 12.8. The van der Waals surface area contributed by atoms with Gasteiger partial charge in [-0.25, -0.2) is 12.7 Å². The van der Waals surface area contributed by atoms with Crippen LogP contribution in [0.4, 0.5) is 0 Å². The summed E-state index contributed by atoms with van der Waals surface area (Å²) in [6, 6.07) is 0.517. The first-order valence-corrected chi connectivity index (χ1v) is 9.12. The lowest BCUT2D eigenvalue weighted by Crippen LogP contribution is -2.44. The molecule has 1 aliphatic heterocycles. The van der Waals surface area contributed by atoms with E-state index >= 15 is 0 Å². The predicted octanol–water partition coefficient (Wildman–Crippen LogP) is 0.597. The van der Waals surface area contributed by atoms with Crippen LogP contribution in [0.1, 0.15) is 32.1 Å². The number of rotatable bonds is 7. The summed E-state index contributed by atoms with van der Waals surface area (Å²) in [5.41, 5.74) is 0. The first kappa shape index (κ1) is 15.7. The van der Waals surface area contributed by atoms with Crippen molar-refractivity contribution in [3.63, 3.8) is 0 Å². The topological polar surface area (TPSA) is 77.9 Å². The van der Waals surface area contributed by atoms with Crippen molar-refractivity contribution in [3.8, 4) is 0 Å². The van der Waals surface area contributed by atoms with E-state index in [0.717, 1.165) is 32.2 Å². The molecule has 0 aromatic rings. The normalized spacial score (nSPS) is 25.0. The van der Waals surface area contributed by atoms with Crippen molar-refractivity contribution in [2.45, 2.75) is 38.1 Å². The summed E-state index contributed by atoms with van der Waals surface area (Å²) in [7, 11) is -3.10. The first-order chi connectivity index (χ1) is 9.36. The number of hydrogen-bond donors (Lipinski definition) is 1. The lowest BCUT2D eigenvalue weighted by atomic mass is 9.99. The molecular weight excluding hydrogens is 280 g/mol. The maximum Gasteiger partial charge on any atom is 0.304 e. The van der Waals surface area contributed by atoms with Crippen molar-refractivity contribution in [1.29, 1.82) is 0 Å². The Morgan fingerprint density at radius 3 is 2.60 bits per heavy atom. The Kier molecular flexibility index (Phi) is 5.04. The molecule has 6 nitrogen and oxygen atoms in total. The van der Waals surface area contributed by atoms with Crippen molar-refractivity contribution >= 4 is 16.0 Å². The van der Waals surface area contributed by atoms with E-state index < -0.39 is 16.0 Å². The number of hydrogen-bond acceptors (Lipinski definition) is 4. The number of sulfonamides is 1. The molecule has 1 N–H and O–H groups in total. The van der Waals surface area contributed by atoms with Gasteiger partial charge in [0.25, 0.3) is 0 Å². The van der Waals surface area contributed by atoms with Gasteiger partial charge in [0.1, 0.15) is 0 Å². The van der Waals surface area contributed by atoms with Crippen LogP contribution < -0.4 is 0 Å². The lowest BCUT2D eigenvalue weighted by Gasteiger charge is -2.34. The monoisotopic (exact) mass is 304 g/mol. The molecule has 1 aliphatic carbocycles.